The standard InChI is InChI=1S/C15H23N3S/c1-5-12-7-8-13(19-12)10-14(16-4)15-9-11(3)17-18(15)6-2/h7-9,14,16H,5-6,10H2,1-4H3. The van der Waals surface area contributed by atoms with Crippen molar-refractivity contribution in [2.24, 2.45) is 0 Å². The zero-order valence-corrected chi connectivity index (χ0v) is 13.0. The lowest BCUT2D eigenvalue weighted by molar-refractivity contribution is 0.515. The maximum absolute atomic E-state index is 4.54. The van der Waals surface area contributed by atoms with Crippen LogP contribution in [0.5, 0.6) is 0 Å². The zero-order valence-electron chi connectivity index (χ0n) is 12.2. The number of thiophene rings is 1. The van der Waals surface area contributed by atoms with Gasteiger partial charge in [0.1, 0.15) is 0 Å². The summed E-state index contributed by atoms with van der Waals surface area (Å²) in [4.78, 5) is 2.91. The molecular formula is C15H23N3S. The summed E-state index contributed by atoms with van der Waals surface area (Å²) in [6.45, 7) is 7.33. The zero-order chi connectivity index (χ0) is 13.8. The lowest BCUT2D eigenvalue weighted by Crippen LogP contribution is -2.22. The van der Waals surface area contributed by atoms with Crippen LogP contribution in [0.3, 0.4) is 0 Å². The average molecular weight is 277 g/mol. The second-order valence-corrected chi connectivity index (χ2v) is 6.05. The summed E-state index contributed by atoms with van der Waals surface area (Å²) in [6, 6.07) is 7.03. The number of hydrogen-bond donors (Lipinski definition) is 1. The van der Waals surface area contributed by atoms with Crippen molar-refractivity contribution in [2.45, 2.75) is 46.2 Å². The molecule has 0 aliphatic heterocycles. The van der Waals surface area contributed by atoms with Gasteiger partial charge in [-0.25, -0.2) is 0 Å². The van der Waals surface area contributed by atoms with E-state index in [0.717, 1.165) is 25.1 Å². The second-order valence-electron chi connectivity index (χ2n) is 4.79. The number of nitrogens with one attached hydrogen (secondary N) is 1. The molecule has 0 aliphatic rings. The highest BCUT2D eigenvalue weighted by molar-refractivity contribution is 7.11. The molecule has 2 aromatic rings. The number of hydrogen-bond acceptors (Lipinski definition) is 3. The number of nitrogens with zero attached hydrogens (tertiary/aromatic N) is 2. The molecule has 0 aliphatic carbocycles. The predicted molar refractivity (Wildman–Crippen MR) is 81.8 cm³/mol. The Morgan fingerprint density at radius 2 is 2.05 bits per heavy atom. The van der Waals surface area contributed by atoms with Crippen molar-refractivity contribution in [3.05, 3.63) is 39.3 Å². The highest BCUT2D eigenvalue weighted by Crippen LogP contribution is 2.24. The van der Waals surface area contributed by atoms with E-state index in [4.69, 9.17) is 0 Å². The molecule has 0 amide bonds. The summed E-state index contributed by atoms with van der Waals surface area (Å²) in [5.41, 5.74) is 2.38. The third kappa shape index (κ3) is 3.25. The Labute approximate surface area is 119 Å². The van der Waals surface area contributed by atoms with Crippen LogP contribution in [0.15, 0.2) is 18.2 Å². The fourth-order valence-corrected chi connectivity index (χ4v) is 3.38. The van der Waals surface area contributed by atoms with Crippen molar-refractivity contribution in [3.63, 3.8) is 0 Å². The molecule has 1 N–H and O–H groups in total. The molecule has 4 heteroatoms. The van der Waals surface area contributed by atoms with Gasteiger partial charge in [0.2, 0.25) is 0 Å². The summed E-state index contributed by atoms with van der Waals surface area (Å²) in [6.07, 6.45) is 2.16. The van der Waals surface area contributed by atoms with Gasteiger partial charge < -0.3 is 5.32 Å². The van der Waals surface area contributed by atoms with Crippen molar-refractivity contribution in [1.29, 1.82) is 0 Å². The van der Waals surface area contributed by atoms with Crippen molar-refractivity contribution in [3.8, 4) is 0 Å². The number of aryl methyl sites for hydroxylation is 3. The van der Waals surface area contributed by atoms with E-state index in [1.807, 2.05) is 18.4 Å². The second kappa shape index (κ2) is 6.35. The minimum absolute atomic E-state index is 0.338. The Morgan fingerprint density at radius 1 is 1.32 bits per heavy atom. The number of likely N-dealkylation sites (N-methyl/N-ethyl adjacent to an activating group) is 1. The SMILES string of the molecule is CCc1ccc(CC(NC)c2cc(C)nn2CC)s1. The van der Waals surface area contributed by atoms with Crippen LogP contribution in [0.4, 0.5) is 0 Å². The van der Waals surface area contributed by atoms with E-state index in [2.05, 4.69) is 54.1 Å². The van der Waals surface area contributed by atoms with Gasteiger partial charge in [0.15, 0.2) is 0 Å². The topological polar surface area (TPSA) is 29.9 Å². The Bertz CT molecular complexity index is 527. The minimum atomic E-state index is 0.338. The Kier molecular flexibility index (Phi) is 4.77. The van der Waals surface area contributed by atoms with Crippen LogP contribution in [0, 0.1) is 6.92 Å². The van der Waals surface area contributed by atoms with E-state index in [1.165, 1.54) is 15.4 Å². The van der Waals surface area contributed by atoms with Crippen LogP contribution in [0.25, 0.3) is 0 Å². The molecule has 2 heterocycles. The van der Waals surface area contributed by atoms with Crippen molar-refractivity contribution >= 4 is 11.3 Å². The molecule has 19 heavy (non-hydrogen) atoms. The van der Waals surface area contributed by atoms with E-state index in [1.54, 1.807) is 0 Å². The van der Waals surface area contributed by atoms with Crippen LogP contribution in [-0.2, 0) is 19.4 Å². The molecule has 2 rings (SSSR count). The Morgan fingerprint density at radius 3 is 2.63 bits per heavy atom. The fourth-order valence-electron chi connectivity index (χ4n) is 2.38. The van der Waals surface area contributed by atoms with E-state index in [-0.39, 0.29) is 0 Å². The van der Waals surface area contributed by atoms with Crippen molar-refractivity contribution < 1.29 is 0 Å². The van der Waals surface area contributed by atoms with Crippen molar-refractivity contribution in [1.82, 2.24) is 15.1 Å². The first-order valence-electron chi connectivity index (χ1n) is 6.97. The summed E-state index contributed by atoms with van der Waals surface area (Å²) in [5, 5.41) is 7.97. The molecule has 0 saturated heterocycles. The molecule has 3 nitrogen and oxygen atoms in total. The van der Waals surface area contributed by atoms with Gasteiger partial charge in [-0.15, -0.1) is 11.3 Å². The van der Waals surface area contributed by atoms with E-state index in [0.29, 0.717) is 6.04 Å². The monoisotopic (exact) mass is 277 g/mol. The average Bonchev–Trinajstić information content (AvgIpc) is 3.01. The molecule has 2 aromatic heterocycles. The predicted octanol–water partition coefficient (Wildman–Crippen LogP) is 3.34. The van der Waals surface area contributed by atoms with Gasteiger partial charge in [-0.05, 0) is 45.5 Å². The first-order chi connectivity index (χ1) is 9.17. The maximum Gasteiger partial charge on any atom is 0.0597 e. The molecule has 0 saturated carbocycles. The quantitative estimate of drug-likeness (QED) is 0.877. The minimum Gasteiger partial charge on any atom is -0.311 e. The highest BCUT2D eigenvalue weighted by atomic mass is 32.1. The summed E-state index contributed by atoms with van der Waals surface area (Å²) >= 11 is 1.92. The normalized spacial score (nSPS) is 12.8. The molecule has 1 unspecified atom stereocenters. The van der Waals surface area contributed by atoms with Gasteiger partial charge in [0.25, 0.3) is 0 Å². The summed E-state index contributed by atoms with van der Waals surface area (Å²) in [7, 11) is 2.03. The van der Waals surface area contributed by atoms with Crippen LogP contribution < -0.4 is 5.32 Å². The Hall–Kier alpha value is -1.13. The van der Waals surface area contributed by atoms with Crippen LogP contribution in [0.1, 0.15) is 41.0 Å². The molecular weight excluding hydrogens is 254 g/mol. The largest absolute Gasteiger partial charge is 0.311 e. The molecule has 0 radical (unpaired) electrons. The molecule has 0 bridgehead atoms. The number of rotatable bonds is 6. The van der Waals surface area contributed by atoms with Crippen LogP contribution in [-0.4, -0.2) is 16.8 Å². The fraction of sp³-hybridized carbons (Fsp3) is 0.533. The molecule has 0 spiro atoms. The van der Waals surface area contributed by atoms with Crippen molar-refractivity contribution in [2.75, 3.05) is 7.05 Å². The maximum atomic E-state index is 4.54. The van der Waals surface area contributed by atoms with Gasteiger partial charge >= 0.3 is 0 Å². The smallest absolute Gasteiger partial charge is 0.0597 e. The molecule has 1 atom stereocenters. The third-order valence-corrected chi connectivity index (χ3v) is 4.66. The van der Waals surface area contributed by atoms with Gasteiger partial charge in [-0.1, -0.05) is 6.92 Å². The van der Waals surface area contributed by atoms with Gasteiger partial charge in [-0.3, -0.25) is 4.68 Å². The van der Waals surface area contributed by atoms with E-state index >= 15 is 0 Å². The first kappa shape index (κ1) is 14.3. The summed E-state index contributed by atoms with van der Waals surface area (Å²) in [5.74, 6) is 0. The van der Waals surface area contributed by atoms with Crippen LogP contribution >= 0.6 is 11.3 Å². The summed E-state index contributed by atoms with van der Waals surface area (Å²) < 4.78 is 2.10. The first-order valence-corrected chi connectivity index (χ1v) is 7.78. The molecule has 0 aromatic carbocycles. The third-order valence-electron chi connectivity index (χ3n) is 3.41. The molecule has 104 valence electrons. The van der Waals surface area contributed by atoms with Crippen LogP contribution in [0.2, 0.25) is 0 Å². The molecule has 0 fully saturated rings. The van der Waals surface area contributed by atoms with E-state index in [9.17, 15) is 0 Å². The van der Waals surface area contributed by atoms with Gasteiger partial charge in [0.05, 0.1) is 17.4 Å². The number of aromatic nitrogens is 2. The highest BCUT2D eigenvalue weighted by Gasteiger charge is 2.16. The van der Waals surface area contributed by atoms with Gasteiger partial charge in [0, 0.05) is 22.7 Å². The van der Waals surface area contributed by atoms with Gasteiger partial charge in [-0.2, -0.15) is 5.10 Å². The lowest BCUT2D eigenvalue weighted by atomic mass is 10.1. The Balaban J connectivity index is 2.19. The lowest BCUT2D eigenvalue weighted by Gasteiger charge is -2.16. The van der Waals surface area contributed by atoms with E-state index < -0.39 is 0 Å².